The molecule has 0 unspecified atom stereocenters. The molecule has 0 amide bonds. The van der Waals surface area contributed by atoms with Gasteiger partial charge in [-0.3, -0.25) is 0 Å². The van der Waals surface area contributed by atoms with E-state index in [0.29, 0.717) is 0 Å². The minimum absolute atomic E-state index is 1.00. The Morgan fingerprint density at radius 3 is 2.25 bits per heavy atom. The van der Waals surface area contributed by atoms with Crippen LogP contribution in [0.4, 0.5) is 0 Å². The number of nitrogens with zero attached hydrogens (tertiary/aromatic N) is 2. The molecule has 0 spiro atoms. The Morgan fingerprint density at radius 1 is 1.08 bits per heavy atom. The molecule has 0 radical (unpaired) electrons. The van der Waals surface area contributed by atoms with Gasteiger partial charge in [0.1, 0.15) is 0 Å². The van der Waals surface area contributed by atoms with Crippen molar-refractivity contribution in [3.05, 3.63) is 0 Å². The molecule has 0 N–H and O–H groups in total. The van der Waals surface area contributed by atoms with Crippen LogP contribution in [0.25, 0.3) is 0 Å². The minimum atomic E-state index is 1.00. The van der Waals surface area contributed by atoms with Gasteiger partial charge in [0, 0.05) is 6.54 Å². The molecular formula is C10H20N2. The van der Waals surface area contributed by atoms with E-state index in [0.717, 1.165) is 5.92 Å². The highest BCUT2D eigenvalue weighted by atomic mass is 15.2. The van der Waals surface area contributed by atoms with Crippen molar-refractivity contribution in [2.24, 2.45) is 5.92 Å². The maximum absolute atomic E-state index is 2.61. The standard InChI is InChI=1S/C10H20N2/c1-11-7-3-10(4-8-11)9-12-5-2-6-12/h10H,2-9H2,1H3. The van der Waals surface area contributed by atoms with Crippen LogP contribution in [0.2, 0.25) is 0 Å². The van der Waals surface area contributed by atoms with Crippen LogP contribution in [0.1, 0.15) is 19.3 Å². The maximum atomic E-state index is 2.61. The lowest BCUT2D eigenvalue weighted by Crippen LogP contribution is -2.43. The second-order valence-electron chi connectivity index (χ2n) is 4.40. The largest absolute Gasteiger partial charge is 0.306 e. The molecule has 0 aromatic heterocycles. The third kappa shape index (κ3) is 1.99. The van der Waals surface area contributed by atoms with E-state index in [1.165, 1.54) is 52.0 Å². The highest BCUT2D eigenvalue weighted by Gasteiger charge is 2.21. The fourth-order valence-electron chi connectivity index (χ4n) is 2.17. The summed E-state index contributed by atoms with van der Waals surface area (Å²) in [6.07, 6.45) is 4.28. The van der Waals surface area contributed by atoms with Crippen molar-refractivity contribution in [3.8, 4) is 0 Å². The van der Waals surface area contributed by atoms with Crippen LogP contribution < -0.4 is 0 Å². The van der Waals surface area contributed by atoms with Gasteiger partial charge < -0.3 is 9.80 Å². The Bertz CT molecular complexity index is 135. The summed E-state index contributed by atoms with van der Waals surface area (Å²) in [6, 6.07) is 0. The number of rotatable bonds is 2. The zero-order chi connectivity index (χ0) is 8.39. The van der Waals surface area contributed by atoms with Crippen molar-refractivity contribution in [2.45, 2.75) is 19.3 Å². The predicted molar refractivity (Wildman–Crippen MR) is 51.3 cm³/mol. The third-order valence-corrected chi connectivity index (χ3v) is 3.30. The van der Waals surface area contributed by atoms with Gasteiger partial charge in [0.25, 0.3) is 0 Å². The van der Waals surface area contributed by atoms with E-state index >= 15 is 0 Å². The van der Waals surface area contributed by atoms with Gasteiger partial charge in [-0.1, -0.05) is 0 Å². The smallest absolute Gasteiger partial charge is 0.00106 e. The molecule has 0 bridgehead atoms. The molecule has 0 aliphatic carbocycles. The van der Waals surface area contributed by atoms with Gasteiger partial charge in [-0.2, -0.15) is 0 Å². The van der Waals surface area contributed by atoms with Crippen LogP contribution in [0.5, 0.6) is 0 Å². The quantitative estimate of drug-likeness (QED) is 0.608. The number of hydrogen-bond donors (Lipinski definition) is 0. The summed E-state index contributed by atoms with van der Waals surface area (Å²) in [5.41, 5.74) is 0. The first-order chi connectivity index (χ1) is 5.84. The molecule has 0 saturated carbocycles. The third-order valence-electron chi connectivity index (χ3n) is 3.30. The first kappa shape index (κ1) is 8.52. The van der Waals surface area contributed by atoms with Gasteiger partial charge in [0.05, 0.1) is 0 Å². The molecule has 0 atom stereocenters. The molecule has 2 fully saturated rings. The van der Waals surface area contributed by atoms with Crippen molar-refractivity contribution >= 4 is 0 Å². The van der Waals surface area contributed by atoms with Crippen molar-refractivity contribution in [2.75, 3.05) is 39.8 Å². The molecule has 2 heterocycles. The topological polar surface area (TPSA) is 6.48 Å². The van der Waals surface area contributed by atoms with Crippen molar-refractivity contribution in [3.63, 3.8) is 0 Å². The van der Waals surface area contributed by atoms with Crippen LogP contribution in [0.3, 0.4) is 0 Å². The van der Waals surface area contributed by atoms with E-state index in [1.54, 1.807) is 0 Å². The van der Waals surface area contributed by atoms with Gasteiger partial charge in [-0.15, -0.1) is 0 Å². The molecule has 0 aromatic rings. The summed E-state index contributed by atoms with van der Waals surface area (Å²) in [4.78, 5) is 5.06. The highest BCUT2D eigenvalue weighted by molar-refractivity contribution is 4.76. The number of piperidine rings is 1. The minimum Gasteiger partial charge on any atom is -0.306 e. The summed E-state index contributed by atoms with van der Waals surface area (Å²) >= 11 is 0. The molecule has 12 heavy (non-hydrogen) atoms. The normalized spacial score (nSPS) is 28.8. The van der Waals surface area contributed by atoms with Gasteiger partial charge in [-0.05, 0) is 58.4 Å². The highest BCUT2D eigenvalue weighted by Crippen LogP contribution is 2.19. The lowest BCUT2D eigenvalue weighted by molar-refractivity contribution is 0.117. The van der Waals surface area contributed by atoms with E-state index in [9.17, 15) is 0 Å². The number of likely N-dealkylation sites (tertiary alicyclic amines) is 2. The first-order valence-corrected chi connectivity index (χ1v) is 5.25. The van der Waals surface area contributed by atoms with Crippen LogP contribution in [-0.4, -0.2) is 49.6 Å². The number of hydrogen-bond acceptors (Lipinski definition) is 2. The summed E-state index contributed by atoms with van der Waals surface area (Å²) in [5, 5.41) is 0. The van der Waals surface area contributed by atoms with Crippen LogP contribution in [-0.2, 0) is 0 Å². The summed E-state index contributed by atoms with van der Waals surface area (Å²) in [7, 11) is 2.24. The summed E-state index contributed by atoms with van der Waals surface area (Å²) in [5.74, 6) is 1.00. The van der Waals surface area contributed by atoms with Gasteiger partial charge in [0.2, 0.25) is 0 Å². The maximum Gasteiger partial charge on any atom is 0.00106 e. The molecule has 2 rings (SSSR count). The second-order valence-corrected chi connectivity index (χ2v) is 4.40. The van der Waals surface area contributed by atoms with E-state index < -0.39 is 0 Å². The zero-order valence-corrected chi connectivity index (χ0v) is 8.13. The Balaban J connectivity index is 1.67. The Morgan fingerprint density at radius 2 is 1.75 bits per heavy atom. The second kappa shape index (κ2) is 3.75. The van der Waals surface area contributed by atoms with E-state index in [2.05, 4.69) is 16.8 Å². The average molecular weight is 168 g/mol. The molecule has 70 valence electrons. The Labute approximate surface area is 75.5 Å². The molecule has 2 aliphatic rings. The molecular weight excluding hydrogens is 148 g/mol. The molecule has 2 saturated heterocycles. The predicted octanol–water partition coefficient (Wildman–Crippen LogP) is 1.03. The molecule has 0 aromatic carbocycles. The first-order valence-electron chi connectivity index (χ1n) is 5.25. The van der Waals surface area contributed by atoms with Crippen LogP contribution in [0, 0.1) is 5.92 Å². The van der Waals surface area contributed by atoms with E-state index in [1.807, 2.05) is 0 Å². The van der Waals surface area contributed by atoms with Crippen LogP contribution >= 0.6 is 0 Å². The summed E-state index contributed by atoms with van der Waals surface area (Å²) < 4.78 is 0. The SMILES string of the molecule is CN1CCC(CN2CCC2)CC1. The zero-order valence-electron chi connectivity index (χ0n) is 8.13. The lowest BCUT2D eigenvalue weighted by Gasteiger charge is -2.37. The average Bonchev–Trinajstić information content (AvgIpc) is 2.00. The van der Waals surface area contributed by atoms with Gasteiger partial charge >= 0.3 is 0 Å². The Kier molecular flexibility index (Phi) is 2.66. The lowest BCUT2D eigenvalue weighted by atomic mass is 9.95. The van der Waals surface area contributed by atoms with Crippen molar-refractivity contribution < 1.29 is 0 Å². The van der Waals surface area contributed by atoms with Gasteiger partial charge in [0.15, 0.2) is 0 Å². The summed E-state index contributed by atoms with van der Waals surface area (Å²) in [6.45, 7) is 6.75. The van der Waals surface area contributed by atoms with Crippen molar-refractivity contribution in [1.29, 1.82) is 0 Å². The fraction of sp³-hybridized carbons (Fsp3) is 1.00. The molecule has 2 nitrogen and oxygen atoms in total. The molecule has 2 heteroatoms. The van der Waals surface area contributed by atoms with Crippen LogP contribution in [0.15, 0.2) is 0 Å². The van der Waals surface area contributed by atoms with E-state index in [4.69, 9.17) is 0 Å². The molecule has 2 aliphatic heterocycles. The van der Waals surface area contributed by atoms with Crippen molar-refractivity contribution in [1.82, 2.24) is 9.80 Å². The monoisotopic (exact) mass is 168 g/mol. The fourth-order valence-corrected chi connectivity index (χ4v) is 2.17. The van der Waals surface area contributed by atoms with Gasteiger partial charge in [-0.25, -0.2) is 0 Å². The Hall–Kier alpha value is -0.0800. The van der Waals surface area contributed by atoms with E-state index in [-0.39, 0.29) is 0 Å².